The van der Waals surface area contributed by atoms with E-state index in [1.165, 1.54) is 0 Å². The topological polar surface area (TPSA) is 30.9 Å². The van der Waals surface area contributed by atoms with Crippen molar-refractivity contribution in [3.8, 4) is 0 Å². The standard InChI is InChI=1S/C10H21NO3Si/c1-6-11(7-2)9-8-10-15(12-3,13-4)14-5/h6-7H,1-2,8-10H2,3-5H3. The maximum absolute atomic E-state index is 5.31. The molecule has 88 valence electrons. The summed E-state index contributed by atoms with van der Waals surface area (Å²) in [6.45, 7) is 8.20. The van der Waals surface area contributed by atoms with Gasteiger partial charge in [-0.15, -0.1) is 0 Å². The van der Waals surface area contributed by atoms with E-state index in [4.69, 9.17) is 13.3 Å². The van der Waals surface area contributed by atoms with Crippen molar-refractivity contribution in [2.45, 2.75) is 12.5 Å². The summed E-state index contributed by atoms with van der Waals surface area (Å²) in [4.78, 5) is 1.92. The Morgan fingerprint density at radius 1 is 1.07 bits per heavy atom. The van der Waals surface area contributed by atoms with E-state index in [-0.39, 0.29) is 0 Å². The molecule has 0 radical (unpaired) electrons. The van der Waals surface area contributed by atoms with Crippen molar-refractivity contribution in [2.24, 2.45) is 0 Å². The molecule has 0 aliphatic heterocycles. The Balaban J connectivity index is 4.00. The van der Waals surface area contributed by atoms with Crippen molar-refractivity contribution in [3.05, 3.63) is 25.6 Å². The Morgan fingerprint density at radius 3 is 1.87 bits per heavy atom. The second-order valence-electron chi connectivity index (χ2n) is 3.00. The first-order valence-corrected chi connectivity index (χ1v) is 6.77. The predicted octanol–water partition coefficient (Wildman–Crippen LogP) is 1.84. The molecule has 0 aromatic rings. The van der Waals surface area contributed by atoms with Gasteiger partial charge in [-0.25, -0.2) is 0 Å². The Kier molecular flexibility index (Phi) is 7.32. The van der Waals surface area contributed by atoms with E-state index in [1.807, 2.05) is 4.90 Å². The zero-order valence-electron chi connectivity index (χ0n) is 9.86. The molecule has 0 saturated heterocycles. The first-order valence-electron chi connectivity index (χ1n) is 4.84. The Bertz CT molecular complexity index is 179. The van der Waals surface area contributed by atoms with Crippen LogP contribution in [0.5, 0.6) is 0 Å². The van der Waals surface area contributed by atoms with Gasteiger partial charge in [0.25, 0.3) is 0 Å². The Labute approximate surface area is 93.5 Å². The van der Waals surface area contributed by atoms with Crippen LogP contribution in [0.4, 0.5) is 0 Å². The van der Waals surface area contributed by atoms with Crippen molar-refractivity contribution in [1.82, 2.24) is 4.90 Å². The van der Waals surface area contributed by atoms with Crippen LogP contribution >= 0.6 is 0 Å². The SMILES string of the molecule is C=CN(C=C)CCC[Si](OC)(OC)OC. The molecule has 0 N–H and O–H groups in total. The molecule has 0 heterocycles. The Morgan fingerprint density at radius 2 is 1.53 bits per heavy atom. The second-order valence-corrected chi connectivity index (χ2v) is 6.09. The molecule has 0 spiro atoms. The monoisotopic (exact) mass is 231 g/mol. The van der Waals surface area contributed by atoms with E-state index in [2.05, 4.69) is 13.2 Å². The van der Waals surface area contributed by atoms with Gasteiger partial charge in [-0.2, -0.15) is 0 Å². The summed E-state index contributed by atoms with van der Waals surface area (Å²) in [7, 11) is 2.46. The highest BCUT2D eigenvalue weighted by molar-refractivity contribution is 6.60. The molecule has 0 aromatic carbocycles. The van der Waals surface area contributed by atoms with Gasteiger partial charge < -0.3 is 18.2 Å². The average Bonchev–Trinajstić information content (AvgIpc) is 2.31. The lowest BCUT2D eigenvalue weighted by atomic mass is 10.4. The maximum Gasteiger partial charge on any atom is 0.500 e. The fourth-order valence-electron chi connectivity index (χ4n) is 1.29. The van der Waals surface area contributed by atoms with E-state index in [1.54, 1.807) is 33.7 Å². The van der Waals surface area contributed by atoms with Crippen molar-refractivity contribution < 1.29 is 13.3 Å². The summed E-state index contributed by atoms with van der Waals surface area (Å²) < 4.78 is 15.9. The molecule has 0 unspecified atom stereocenters. The predicted molar refractivity (Wildman–Crippen MR) is 63.3 cm³/mol. The van der Waals surface area contributed by atoms with E-state index >= 15 is 0 Å². The molecule has 0 amide bonds. The quantitative estimate of drug-likeness (QED) is 0.567. The molecule has 15 heavy (non-hydrogen) atoms. The van der Waals surface area contributed by atoms with Gasteiger partial charge in [-0.3, -0.25) is 0 Å². The van der Waals surface area contributed by atoms with Crippen molar-refractivity contribution in [1.29, 1.82) is 0 Å². The van der Waals surface area contributed by atoms with Crippen molar-refractivity contribution in [3.63, 3.8) is 0 Å². The van der Waals surface area contributed by atoms with E-state index in [0.717, 1.165) is 19.0 Å². The van der Waals surface area contributed by atoms with Gasteiger partial charge in [-0.05, 0) is 18.8 Å². The fraction of sp³-hybridized carbons (Fsp3) is 0.600. The minimum atomic E-state index is -2.41. The van der Waals surface area contributed by atoms with Crippen LogP contribution in [0, 0.1) is 0 Å². The molecule has 0 bridgehead atoms. The largest absolute Gasteiger partial charge is 0.500 e. The summed E-state index contributed by atoms with van der Waals surface area (Å²) in [5.74, 6) is 0. The normalized spacial score (nSPS) is 11.1. The van der Waals surface area contributed by atoms with Crippen LogP contribution < -0.4 is 0 Å². The minimum absolute atomic E-state index is 0.786. The summed E-state index contributed by atoms with van der Waals surface area (Å²) >= 11 is 0. The van der Waals surface area contributed by atoms with Crippen molar-refractivity contribution >= 4 is 8.80 Å². The first-order chi connectivity index (χ1) is 7.17. The molecule has 5 heteroatoms. The molecule has 0 fully saturated rings. The highest BCUT2D eigenvalue weighted by atomic mass is 28.4. The number of hydrogen-bond acceptors (Lipinski definition) is 4. The van der Waals surface area contributed by atoms with Crippen LogP contribution in [0.1, 0.15) is 6.42 Å². The second kappa shape index (κ2) is 7.64. The lowest BCUT2D eigenvalue weighted by Crippen LogP contribution is -2.43. The minimum Gasteiger partial charge on any atom is -0.377 e. The molecule has 0 aromatic heterocycles. The molecule has 0 rings (SSSR count). The van der Waals surface area contributed by atoms with Crippen LogP contribution in [0.25, 0.3) is 0 Å². The summed E-state index contributed by atoms with van der Waals surface area (Å²) in [5.41, 5.74) is 0. The highest BCUT2D eigenvalue weighted by Gasteiger charge is 2.36. The van der Waals surface area contributed by atoms with Gasteiger partial charge in [0.1, 0.15) is 0 Å². The van der Waals surface area contributed by atoms with Gasteiger partial charge in [0.2, 0.25) is 0 Å². The Hall–Kier alpha value is -0.623. The van der Waals surface area contributed by atoms with E-state index in [9.17, 15) is 0 Å². The lowest BCUT2D eigenvalue weighted by Gasteiger charge is -2.25. The molecule has 0 saturated carbocycles. The van der Waals surface area contributed by atoms with Crippen molar-refractivity contribution in [2.75, 3.05) is 27.9 Å². The lowest BCUT2D eigenvalue weighted by molar-refractivity contribution is 0.122. The zero-order valence-corrected chi connectivity index (χ0v) is 10.9. The number of rotatable bonds is 9. The van der Waals surface area contributed by atoms with Gasteiger partial charge in [0.15, 0.2) is 0 Å². The average molecular weight is 231 g/mol. The van der Waals surface area contributed by atoms with Crippen LogP contribution in [-0.4, -0.2) is 41.6 Å². The van der Waals surface area contributed by atoms with Crippen LogP contribution in [0.2, 0.25) is 6.04 Å². The van der Waals surface area contributed by atoms with Gasteiger partial charge in [0.05, 0.1) is 0 Å². The molecular weight excluding hydrogens is 210 g/mol. The van der Waals surface area contributed by atoms with E-state index < -0.39 is 8.80 Å². The maximum atomic E-state index is 5.31. The zero-order chi connectivity index (χ0) is 11.7. The molecule has 4 nitrogen and oxygen atoms in total. The molecule has 0 aliphatic rings. The first kappa shape index (κ1) is 14.4. The number of nitrogens with zero attached hydrogens (tertiary/aromatic N) is 1. The smallest absolute Gasteiger partial charge is 0.377 e. The highest BCUT2D eigenvalue weighted by Crippen LogP contribution is 2.15. The molecule has 0 atom stereocenters. The molecule has 0 aliphatic carbocycles. The third kappa shape index (κ3) is 4.61. The fourth-order valence-corrected chi connectivity index (χ4v) is 2.99. The van der Waals surface area contributed by atoms with Crippen LogP contribution in [-0.2, 0) is 13.3 Å². The van der Waals surface area contributed by atoms with Gasteiger partial charge in [0, 0.05) is 33.9 Å². The van der Waals surface area contributed by atoms with Gasteiger partial charge in [-0.1, -0.05) is 13.2 Å². The number of hydrogen-bond donors (Lipinski definition) is 0. The summed E-state index contributed by atoms with van der Waals surface area (Å²) in [6.07, 6.45) is 4.39. The van der Waals surface area contributed by atoms with Crippen LogP contribution in [0.3, 0.4) is 0 Å². The summed E-state index contributed by atoms with van der Waals surface area (Å²) in [6, 6.07) is 0.786. The summed E-state index contributed by atoms with van der Waals surface area (Å²) in [5, 5.41) is 0. The van der Waals surface area contributed by atoms with E-state index in [0.29, 0.717) is 0 Å². The van der Waals surface area contributed by atoms with Crippen LogP contribution in [0.15, 0.2) is 25.6 Å². The third-order valence-electron chi connectivity index (χ3n) is 2.30. The molecular formula is C10H21NO3Si. The third-order valence-corrected chi connectivity index (χ3v) is 5.13. The van der Waals surface area contributed by atoms with Gasteiger partial charge >= 0.3 is 8.80 Å².